The van der Waals surface area contributed by atoms with E-state index in [1.807, 2.05) is 0 Å². The molecular formula is C17H27NO2S. The molecule has 2 unspecified atom stereocenters. The van der Waals surface area contributed by atoms with Crippen LogP contribution < -0.4 is 5.32 Å². The zero-order chi connectivity index (χ0) is 15.3. The van der Waals surface area contributed by atoms with Gasteiger partial charge in [0.15, 0.2) is 0 Å². The monoisotopic (exact) mass is 309 g/mol. The molecule has 1 N–H and O–H groups in total. The Kier molecular flexibility index (Phi) is 5.82. The number of benzene rings is 1. The van der Waals surface area contributed by atoms with Crippen LogP contribution in [0.4, 0.5) is 0 Å². The van der Waals surface area contributed by atoms with E-state index in [-0.39, 0.29) is 5.75 Å². The van der Waals surface area contributed by atoms with E-state index in [9.17, 15) is 8.42 Å². The summed E-state index contributed by atoms with van der Waals surface area (Å²) in [7, 11) is -2.88. The van der Waals surface area contributed by atoms with Gasteiger partial charge in [0, 0.05) is 12.3 Å². The third-order valence-corrected chi connectivity index (χ3v) is 5.39. The van der Waals surface area contributed by atoms with Crippen LogP contribution in [0.1, 0.15) is 37.3 Å². The molecule has 0 aromatic heterocycles. The lowest BCUT2D eigenvalue weighted by atomic mass is 9.79. The highest BCUT2D eigenvalue weighted by Gasteiger charge is 2.26. The van der Waals surface area contributed by atoms with E-state index in [0.717, 1.165) is 38.6 Å². The Balaban J connectivity index is 2.03. The summed E-state index contributed by atoms with van der Waals surface area (Å²) in [6, 6.07) is 8.96. The van der Waals surface area contributed by atoms with Gasteiger partial charge < -0.3 is 5.32 Å². The molecule has 0 bridgehead atoms. The molecule has 2 rings (SSSR count). The molecule has 0 heterocycles. The molecule has 4 heteroatoms. The van der Waals surface area contributed by atoms with Crippen molar-refractivity contribution in [2.24, 2.45) is 5.92 Å². The number of hydrogen-bond donors (Lipinski definition) is 1. The third-order valence-electron chi connectivity index (χ3n) is 4.41. The van der Waals surface area contributed by atoms with E-state index in [1.54, 1.807) is 0 Å². The van der Waals surface area contributed by atoms with Crippen LogP contribution in [0, 0.1) is 5.92 Å². The highest BCUT2D eigenvalue weighted by Crippen LogP contribution is 2.28. The summed E-state index contributed by atoms with van der Waals surface area (Å²) in [4.78, 5) is 0. The molecule has 1 aliphatic carbocycles. The quantitative estimate of drug-likeness (QED) is 0.842. The van der Waals surface area contributed by atoms with E-state index in [0.29, 0.717) is 12.0 Å². The number of hydrogen-bond acceptors (Lipinski definition) is 3. The van der Waals surface area contributed by atoms with Gasteiger partial charge in [0.1, 0.15) is 9.84 Å². The number of fused-ring (bicyclic) bond motifs is 1. The van der Waals surface area contributed by atoms with Gasteiger partial charge in [-0.2, -0.15) is 0 Å². The largest absolute Gasteiger partial charge is 0.314 e. The topological polar surface area (TPSA) is 46.2 Å². The lowest BCUT2D eigenvalue weighted by Gasteiger charge is -2.32. The first-order valence-electron chi connectivity index (χ1n) is 7.97. The average molecular weight is 309 g/mol. The molecule has 1 aliphatic rings. The summed E-state index contributed by atoms with van der Waals surface area (Å²) in [5.74, 6) is 0.834. The molecule has 118 valence electrons. The van der Waals surface area contributed by atoms with Crippen LogP contribution in [0.25, 0.3) is 0 Å². The summed E-state index contributed by atoms with van der Waals surface area (Å²) < 4.78 is 22.9. The van der Waals surface area contributed by atoms with Gasteiger partial charge in [0.2, 0.25) is 0 Å². The predicted octanol–water partition coefficient (Wildman–Crippen LogP) is 2.59. The maximum absolute atomic E-state index is 11.5. The lowest BCUT2D eigenvalue weighted by molar-refractivity contribution is 0.313. The minimum atomic E-state index is -2.88. The minimum absolute atomic E-state index is 0.284. The molecule has 2 atom stereocenters. The van der Waals surface area contributed by atoms with Crippen LogP contribution in [0.2, 0.25) is 0 Å². The first kappa shape index (κ1) is 16.5. The van der Waals surface area contributed by atoms with Gasteiger partial charge in [-0.3, -0.25) is 0 Å². The second-order valence-corrected chi connectivity index (χ2v) is 8.51. The fraction of sp³-hybridized carbons (Fsp3) is 0.647. The summed E-state index contributed by atoms with van der Waals surface area (Å²) in [6.45, 7) is 3.11. The van der Waals surface area contributed by atoms with E-state index >= 15 is 0 Å². The van der Waals surface area contributed by atoms with E-state index < -0.39 is 9.84 Å². The van der Waals surface area contributed by atoms with Gasteiger partial charge in [-0.25, -0.2) is 8.42 Å². The normalized spacial score (nSPS) is 20.0. The van der Waals surface area contributed by atoms with Gasteiger partial charge >= 0.3 is 0 Å². The maximum Gasteiger partial charge on any atom is 0.147 e. The zero-order valence-electron chi connectivity index (χ0n) is 13.1. The van der Waals surface area contributed by atoms with Gasteiger partial charge in [-0.05, 0) is 55.7 Å². The molecule has 0 radical (unpaired) electrons. The van der Waals surface area contributed by atoms with Gasteiger partial charge in [0.25, 0.3) is 0 Å². The standard InChI is InChI=1S/C17H27NO2S/c1-3-11-18-17(10-12-21(2,19)20)16-9-8-14-6-4-5-7-15(14)13-16/h4-7,16-18H,3,8-13H2,1-2H3. The van der Waals surface area contributed by atoms with Crippen LogP contribution >= 0.6 is 0 Å². The fourth-order valence-electron chi connectivity index (χ4n) is 3.24. The van der Waals surface area contributed by atoms with E-state index in [1.165, 1.54) is 17.4 Å². The Bertz CT molecular complexity index is 554. The SMILES string of the molecule is CCCNC(CCS(C)(=O)=O)C1CCc2ccccc2C1. The minimum Gasteiger partial charge on any atom is -0.314 e. The Morgan fingerprint density at radius 2 is 2.00 bits per heavy atom. The van der Waals surface area contributed by atoms with Crippen LogP contribution in [-0.4, -0.2) is 33.0 Å². The molecule has 0 spiro atoms. The third kappa shape index (κ3) is 5.11. The Morgan fingerprint density at radius 3 is 2.67 bits per heavy atom. The van der Waals surface area contributed by atoms with Crippen LogP contribution in [0.15, 0.2) is 24.3 Å². The van der Waals surface area contributed by atoms with Crippen molar-refractivity contribution in [3.63, 3.8) is 0 Å². The Morgan fingerprint density at radius 1 is 1.29 bits per heavy atom. The van der Waals surface area contributed by atoms with E-state index in [4.69, 9.17) is 0 Å². The van der Waals surface area contributed by atoms with Crippen molar-refractivity contribution in [2.45, 2.75) is 45.1 Å². The molecular weight excluding hydrogens is 282 g/mol. The molecule has 0 saturated carbocycles. The number of nitrogens with one attached hydrogen (secondary N) is 1. The predicted molar refractivity (Wildman–Crippen MR) is 88.4 cm³/mol. The number of aryl methyl sites for hydroxylation is 1. The van der Waals surface area contributed by atoms with Crippen molar-refractivity contribution in [3.8, 4) is 0 Å². The van der Waals surface area contributed by atoms with Crippen molar-refractivity contribution in [1.82, 2.24) is 5.32 Å². The summed E-state index contributed by atoms with van der Waals surface area (Å²) in [5, 5.41) is 3.58. The first-order valence-corrected chi connectivity index (χ1v) is 10.0. The van der Waals surface area contributed by atoms with Crippen molar-refractivity contribution in [2.75, 3.05) is 18.6 Å². The molecule has 1 aromatic carbocycles. The number of sulfone groups is 1. The molecule has 0 fully saturated rings. The van der Waals surface area contributed by atoms with Crippen LogP contribution in [0.5, 0.6) is 0 Å². The molecule has 0 saturated heterocycles. The van der Waals surface area contributed by atoms with Gasteiger partial charge in [-0.1, -0.05) is 31.2 Å². The second kappa shape index (κ2) is 7.41. The van der Waals surface area contributed by atoms with Crippen LogP contribution in [0.3, 0.4) is 0 Å². The zero-order valence-corrected chi connectivity index (χ0v) is 14.0. The first-order chi connectivity index (χ1) is 9.99. The summed E-state index contributed by atoms with van der Waals surface area (Å²) >= 11 is 0. The molecule has 3 nitrogen and oxygen atoms in total. The molecule has 0 amide bonds. The van der Waals surface area contributed by atoms with Crippen LogP contribution in [-0.2, 0) is 22.7 Å². The summed E-state index contributed by atoms with van der Waals surface area (Å²) in [5.41, 5.74) is 2.91. The highest BCUT2D eigenvalue weighted by atomic mass is 32.2. The molecule has 0 aliphatic heterocycles. The summed E-state index contributed by atoms with van der Waals surface area (Å²) in [6.07, 6.45) is 6.48. The van der Waals surface area contributed by atoms with E-state index in [2.05, 4.69) is 36.5 Å². The Labute approximate surface area is 129 Å². The van der Waals surface area contributed by atoms with Crippen molar-refractivity contribution in [3.05, 3.63) is 35.4 Å². The van der Waals surface area contributed by atoms with Crippen molar-refractivity contribution in [1.29, 1.82) is 0 Å². The lowest BCUT2D eigenvalue weighted by Crippen LogP contribution is -2.40. The van der Waals surface area contributed by atoms with Crippen molar-refractivity contribution >= 4 is 9.84 Å². The maximum atomic E-state index is 11.5. The van der Waals surface area contributed by atoms with Gasteiger partial charge in [0.05, 0.1) is 5.75 Å². The Hall–Kier alpha value is -0.870. The van der Waals surface area contributed by atoms with Gasteiger partial charge in [-0.15, -0.1) is 0 Å². The highest BCUT2D eigenvalue weighted by molar-refractivity contribution is 7.90. The smallest absolute Gasteiger partial charge is 0.147 e. The molecule has 21 heavy (non-hydrogen) atoms. The molecule has 1 aromatic rings. The number of rotatable bonds is 7. The van der Waals surface area contributed by atoms with Crippen molar-refractivity contribution < 1.29 is 8.42 Å². The average Bonchev–Trinajstić information content (AvgIpc) is 2.46. The fourth-order valence-corrected chi connectivity index (χ4v) is 3.93. The second-order valence-electron chi connectivity index (χ2n) is 6.25.